The molecular weight excluding hydrogens is 389 g/mol. The number of hydrogen-bond acceptors (Lipinski definition) is 4. The van der Waals surface area contributed by atoms with E-state index in [0.717, 1.165) is 71.6 Å². The predicted molar refractivity (Wildman–Crippen MR) is 122 cm³/mol. The zero-order valence-electron chi connectivity index (χ0n) is 20.9. The molecule has 0 radical (unpaired) electrons. The van der Waals surface area contributed by atoms with Gasteiger partial charge < -0.3 is 13.4 Å². The van der Waals surface area contributed by atoms with E-state index in [0.29, 0.717) is 19.8 Å². The van der Waals surface area contributed by atoms with Gasteiger partial charge in [0.25, 0.3) is 0 Å². The Kier molecular flexibility index (Phi) is 13.4. The van der Waals surface area contributed by atoms with Crippen LogP contribution in [0.2, 0.25) is 0 Å². The summed E-state index contributed by atoms with van der Waals surface area (Å²) in [5.74, 6) is 0. The van der Waals surface area contributed by atoms with E-state index >= 15 is 0 Å². The number of nitrogens with zero attached hydrogens (tertiary/aromatic N) is 3. The van der Waals surface area contributed by atoms with E-state index in [1.807, 2.05) is 0 Å². The van der Waals surface area contributed by atoms with Crippen molar-refractivity contribution in [1.29, 1.82) is 0 Å². The highest BCUT2D eigenvalue weighted by atomic mass is 31.2. The van der Waals surface area contributed by atoms with E-state index in [1.54, 1.807) is 0 Å². The van der Waals surface area contributed by atoms with E-state index in [-0.39, 0.29) is 0 Å². The fraction of sp³-hybridized carbons (Fsp3) is 1.00. The SMILES string of the molecule is C[N+](C)(C)CCCCOP(=O)(OCCCC[N+](C)(C)C)OCCCC[N+](C)(C)C. The van der Waals surface area contributed by atoms with Crippen LogP contribution in [0.3, 0.4) is 0 Å². The lowest BCUT2D eigenvalue weighted by atomic mass is 10.3. The average molecular weight is 441 g/mol. The van der Waals surface area contributed by atoms with Crippen molar-refractivity contribution in [3.05, 3.63) is 0 Å². The molecule has 0 unspecified atom stereocenters. The van der Waals surface area contributed by atoms with Gasteiger partial charge in [0, 0.05) is 0 Å². The van der Waals surface area contributed by atoms with Gasteiger partial charge in [-0.1, -0.05) is 0 Å². The molecule has 0 saturated heterocycles. The molecule has 0 aliphatic carbocycles. The van der Waals surface area contributed by atoms with Crippen molar-refractivity contribution < 1.29 is 31.6 Å². The molecule has 0 aromatic rings. The third kappa shape index (κ3) is 21.0. The maximum absolute atomic E-state index is 13.0. The molecule has 0 rings (SSSR count). The Labute approximate surface area is 181 Å². The van der Waals surface area contributed by atoms with E-state index in [2.05, 4.69) is 63.4 Å². The summed E-state index contributed by atoms with van der Waals surface area (Å²) < 4.78 is 32.7. The fourth-order valence-corrected chi connectivity index (χ4v) is 3.99. The second kappa shape index (κ2) is 13.4. The summed E-state index contributed by atoms with van der Waals surface area (Å²) >= 11 is 0. The number of rotatable bonds is 18. The van der Waals surface area contributed by atoms with Gasteiger partial charge in [0.05, 0.1) is 103 Å². The highest BCUT2D eigenvalue weighted by molar-refractivity contribution is 7.48. The third-order valence-corrected chi connectivity index (χ3v) is 5.91. The summed E-state index contributed by atoms with van der Waals surface area (Å²) in [6, 6.07) is 0. The third-order valence-electron chi connectivity index (χ3n) is 4.42. The zero-order valence-corrected chi connectivity index (χ0v) is 21.8. The van der Waals surface area contributed by atoms with Crippen LogP contribution in [0.25, 0.3) is 0 Å². The Bertz CT molecular complexity index is 401. The van der Waals surface area contributed by atoms with Gasteiger partial charge in [-0.15, -0.1) is 0 Å². The van der Waals surface area contributed by atoms with Crippen LogP contribution in [0.1, 0.15) is 38.5 Å². The van der Waals surface area contributed by atoms with Gasteiger partial charge in [0.1, 0.15) is 0 Å². The molecule has 8 heteroatoms. The minimum absolute atomic E-state index is 0.412. The maximum atomic E-state index is 13.0. The van der Waals surface area contributed by atoms with E-state index in [9.17, 15) is 4.57 Å². The number of phosphoric ester groups is 1. The summed E-state index contributed by atoms with van der Waals surface area (Å²) in [6.07, 6.45) is 5.64. The predicted octanol–water partition coefficient (Wildman–Crippen LogP) is 3.60. The van der Waals surface area contributed by atoms with Crippen LogP contribution in [0.4, 0.5) is 0 Å². The molecule has 0 bridgehead atoms. The first-order chi connectivity index (χ1) is 13.1. The topological polar surface area (TPSA) is 44.8 Å². The molecule has 176 valence electrons. The molecule has 0 aliphatic heterocycles. The molecule has 0 aliphatic rings. The largest absolute Gasteiger partial charge is 0.474 e. The molecule has 0 aromatic heterocycles. The molecule has 0 heterocycles. The first-order valence-corrected chi connectivity index (χ1v) is 12.5. The standard InChI is InChI=1S/C21H51N3O4P/c1-22(2,3)16-10-13-19-26-29(25,27-20-14-11-17-23(4,5)6)28-21-15-12-18-24(7,8)9/h10-21H2,1-9H3/q+3. The van der Waals surface area contributed by atoms with Crippen molar-refractivity contribution >= 4 is 7.82 Å². The Balaban J connectivity index is 4.35. The lowest BCUT2D eigenvalue weighted by molar-refractivity contribution is -0.870. The van der Waals surface area contributed by atoms with Gasteiger partial charge in [0.2, 0.25) is 0 Å². The number of quaternary nitrogens is 3. The van der Waals surface area contributed by atoms with Crippen molar-refractivity contribution in [2.45, 2.75) is 38.5 Å². The number of unbranched alkanes of at least 4 members (excludes halogenated alkanes) is 3. The quantitative estimate of drug-likeness (QED) is 0.186. The number of phosphoric acid groups is 1. The zero-order chi connectivity index (χ0) is 22.6. The molecule has 0 saturated carbocycles. The summed E-state index contributed by atoms with van der Waals surface area (Å²) in [5.41, 5.74) is 0. The molecule has 0 atom stereocenters. The Morgan fingerprint density at radius 1 is 0.483 bits per heavy atom. The Morgan fingerprint density at radius 2 is 0.724 bits per heavy atom. The first-order valence-electron chi connectivity index (χ1n) is 11.1. The second-order valence-corrected chi connectivity index (χ2v) is 12.8. The lowest BCUT2D eigenvalue weighted by Gasteiger charge is -2.25. The molecule has 29 heavy (non-hydrogen) atoms. The van der Waals surface area contributed by atoms with Crippen LogP contribution >= 0.6 is 7.82 Å². The molecular formula is C21H51N3O4P+3. The monoisotopic (exact) mass is 440 g/mol. The van der Waals surface area contributed by atoms with Gasteiger partial charge in [-0.25, -0.2) is 4.57 Å². The highest BCUT2D eigenvalue weighted by Gasteiger charge is 2.26. The van der Waals surface area contributed by atoms with Crippen LogP contribution in [-0.2, 0) is 18.1 Å². The van der Waals surface area contributed by atoms with Crippen LogP contribution in [0, 0.1) is 0 Å². The minimum Gasteiger partial charge on any atom is -0.331 e. The van der Waals surface area contributed by atoms with Crippen LogP contribution < -0.4 is 0 Å². The molecule has 7 nitrogen and oxygen atoms in total. The Hall–Kier alpha value is -0.0100. The first kappa shape index (κ1) is 29.0. The molecule has 0 fully saturated rings. The molecule has 0 spiro atoms. The summed E-state index contributed by atoms with van der Waals surface area (Å²) in [4.78, 5) is 0. The summed E-state index contributed by atoms with van der Waals surface area (Å²) in [5, 5.41) is 0. The molecule has 0 amide bonds. The van der Waals surface area contributed by atoms with Gasteiger partial charge in [-0.2, -0.15) is 0 Å². The van der Waals surface area contributed by atoms with Crippen LogP contribution in [-0.4, -0.2) is 116 Å². The highest BCUT2D eigenvalue weighted by Crippen LogP contribution is 2.49. The van der Waals surface area contributed by atoms with Crippen LogP contribution in [0.15, 0.2) is 0 Å². The van der Waals surface area contributed by atoms with Crippen molar-refractivity contribution in [1.82, 2.24) is 0 Å². The van der Waals surface area contributed by atoms with Gasteiger partial charge >= 0.3 is 7.82 Å². The lowest BCUT2D eigenvalue weighted by Crippen LogP contribution is -2.35. The molecule has 0 aromatic carbocycles. The summed E-state index contributed by atoms with van der Waals surface area (Å²) in [7, 11) is 16.1. The minimum atomic E-state index is -3.48. The Morgan fingerprint density at radius 3 is 0.931 bits per heavy atom. The van der Waals surface area contributed by atoms with Crippen molar-refractivity contribution in [3.63, 3.8) is 0 Å². The van der Waals surface area contributed by atoms with Crippen molar-refractivity contribution in [3.8, 4) is 0 Å². The maximum Gasteiger partial charge on any atom is 0.474 e. The van der Waals surface area contributed by atoms with E-state index in [1.165, 1.54) is 0 Å². The van der Waals surface area contributed by atoms with E-state index in [4.69, 9.17) is 13.6 Å². The van der Waals surface area contributed by atoms with Crippen LogP contribution in [0.5, 0.6) is 0 Å². The second-order valence-electron chi connectivity index (χ2n) is 11.1. The normalized spacial score (nSPS) is 13.8. The average Bonchev–Trinajstić information content (AvgIpc) is 2.50. The van der Waals surface area contributed by atoms with Gasteiger partial charge in [-0.3, -0.25) is 13.6 Å². The molecule has 0 N–H and O–H groups in total. The van der Waals surface area contributed by atoms with Gasteiger partial charge in [-0.05, 0) is 38.5 Å². The summed E-state index contributed by atoms with van der Waals surface area (Å²) in [6.45, 7) is 4.42. The van der Waals surface area contributed by atoms with Gasteiger partial charge in [0.15, 0.2) is 0 Å². The number of hydrogen-bond donors (Lipinski definition) is 0. The smallest absolute Gasteiger partial charge is 0.331 e. The van der Waals surface area contributed by atoms with Crippen molar-refractivity contribution in [2.24, 2.45) is 0 Å². The fourth-order valence-electron chi connectivity index (χ4n) is 2.71. The van der Waals surface area contributed by atoms with E-state index < -0.39 is 7.82 Å². The van der Waals surface area contributed by atoms with Crippen molar-refractivity contribution in [2.75, 3.05) is 103 Å².